The molecule has 0 saturated heterocycles. The first-order valence-corrected chi connectivity index (χ1v) is 6.44. The third kappa shape index (κ3) is 3.88. The van der Waals surface area contributed by atoms with Crippen LogP contribution in [0.3, 0.4) is 0 Å². The molecule has 1 heterocycles. The van der Waals surface area contributed by atoms with Gasteiger partial charge in [0.15, 0.2) is 0 Å². The van der Waals surface area contributed by atoms with Gasteiger partial charge in [0.1, 0.15) is 5.75 Å². The molecule has 0 bridgehead atoms. The van der Waals surface area contributed by atoms with E-state index in [4.69, 9.17) is 4.74 Å². The SMILES string of the molecule is CCCOc1ccc(Nc2cncc(NC)c2)cc1. The predicted octanol–water partition coefficient (Wildman–Crippen LogP) is 3.66. The highest BCUT2D eigenvalue weighted by Crippen LogP contribution is 2.21. The van der Waals surface area contributed by atoms with Gasteiger partial charge in [-0.3, -0.25) is 4.98 Å². The lowest BCUT2D eigenvalue weighted by molar-refractivity contribution is 0.317. The molecule has 0 atom stereocenters. The van der Waals surface area contributed by atoms with Gasteiger partial charge in [0.2, 0.25) is 0 Å². The first-order valence-electron chi connectivity index (χ1n) is 6.44. The molecular formula is C15H19N3O. The number of nitrogens with zero attached hydrogens (tertiary/aromatic N) is 1. The fourth-order valence-corrected chi connectivity index (χ4v) is 1.67. The van der Waals surface area contributed by atoms with Crippen LogP contribution in [0.2, 0.25) is 0 Å². The third-order valence-corrected chi connectivity index (χ3v) is 2.64. The summed E-state index contributed by atoms with van der Waals surface area (Å²) in [5.41, 5.74) is 2.95. The molecule has 0 spiro atoms. The smallest absolute Gasteiger partial charge is 0.119 e. The second-order valence-corrected chi connectivity index (χ2v) is 4.21. The summed E-state index contributed by atoms with van der Waals surface area (Å²) >= 11 is 0. The van der Waals surface area contributed by atoms with Crippen molar-refractivity contribution in [1.82, 2.24) is 4.98 Å². The fraction of sp³-hybridized carbons (Fsp3) is 0.267. The van der Waals surface area contributed by atoms with E-state index in [2.05, 4.69) is 22.5 Å². The molecule has 0 saturated carbocycles. The Morgan fingerprint density at radius 3 is 2.47 bits per heavy atom. The van der Waals surface area contributed by atoms with Crippen molar-refractivity contribution in [3.8, 4) is 5.75 Å². The Bertz CT molecular complexity index is 511. The number of anilines is 3. The molecule has 0 aliphatic carbocycles. The fourth-order valence-electron chi connectivity index (χ4n) is 1.67. The normalized spacial score (nSPS) is 10.0. The lowest BCUT2D eigenvalue weighted by Crippen LogP contribution is -1.96. The summed E-state index contributed by atoms with van der Waals surface area (Å²) < 4.78 is 5.55. The highest BCUT2D eigenvalue weighted by Gasteiger charge is 1.98. The Kier molecular flexibility index (Phi) is 4.61. The Balaban J connectivity index is 2.02. The number of nitrogens with one attached hydrogen (secondary N) is 2. The second-order valence-electron chi connectivity index (χ2n) is 4.21. The second kappa shape index (κ2) is 6.64. The van der Waals surface area contributed by atoms with Crippen LogP contribution < -0.4 is 15.4 Å². The van der Waals surface area contributed by atoms with Crippen molar-refractivity contribution < 1.29 is 4.74 Å². The number of aromatic nitrogens is 1. The molecule has 0 radical (unpaired) electrons. The van der Waals surface area contributed by atoms with Gasteiger partial charge in [0.25, 0.3) is 0 Å². The molecule has 4 nitrogen and oxygen atoms in total. The van der Waals surface area contributed by atoms with Gasteiger partial charge >= 0.3 is 0 Å². The molecule has 2 aromatic rings. The summed E-state index contributed by atoms with van der Waals surface area (Å²) in [6, 6.07) is 9.93. The van der Waals surface area contributed by atoms with Gasteiger partial charge in [-0.25, -0.2) is 0 Å². The molecular weight excluding hydrogens is 238 g/mol. The maximum atomic E-state index is 5.55. The van der Waals surface area contributed by atoms with E-state index in [1.807, 2.05) is 37.4 Å². The molecule has 0 aliphatic rings. The van der Waals surface area contributed by atoms with Crippen molar-refractivity contribution in [2.24, 2.45) is 0 Å². The van der Waals surface area contributed by atoms with Crippen molar-refractivity contribution >= 4 is 17.1 Å². The zero-order valence-corrected chi connectivity index (χ0v) is 11.3. The maximum Gasteiger partial charge on any atom is 0.119 e. The minimum absolute atomic E-state index is 0.751. The Hall–Kier alpha value is -2.23. The molecule has 2 rings (SSSR count). The van der Waals surface area contributed by atoms with Crippen LogP contribution in [0.4, 0.5) is 17.1 Å². The van der Waals surface area contributed by atoms with E-state index in [0.717, 1.165) is 35.8 Å². The molecule has 0 amide bonds. The standard InChI is InChI=1S/C15H19N3O/c1-3-8-19-15-6-4-12(5-7-15)18-14-9-13(16-2)10-17-11-14/h4-7,9-11,16,18H,3,8H2,1-2H3. The number of benzene rings is 1. The van der Waals surface area contributed by atoms with Gasteiger partial charge in [0, 0.05) is 12.7 Å². The molecule has 100 valence electrons. The summed E-state index contributed by atoms with van der Waals surface area (Å²) in [4.78, 5) is 4.16. The maximum absolute atomic E-state index is 5.55. The van der Waals surface area contributed by atoms with E-state index >= 15 is 0 Å². The zero-order valence-electron chi connectivity index (χ0n) is 11.3. The highest BCUT2D eigenvalue weighted by atomic mass is 16.5. The number of ether oxygens (including phenoxy) is 1. The van der Waals surface area contributed by atoms with Crippen LogP contribution in [0.5, 0.6) is 5.75 Å². The van der Waals surface area contributed by atoms with Crippen LogP contribution in [0, 0.1) is 0 Å². The van der Waals surface area contributed by atoms with Crippen LogP contribution in [-0.2, 0) is 0 Å². The minimum atomic E-state index is 0.751. The highest BCUT2D eigenvalue weighted by molar-refractivity contribution is 5.63. The molecule has 2 N–H and O–H groups in total. The van der Waals surface area contributed by atoms with Gasteiger partial charge in [-0.1, -0.05) is 6.92 Å². The van der Waals surface area contributed by atoms with Crippen molar-refractivity contribution in [2.45, 2.75) is 13.3 Å². The van der Waals surface area contributed by atoms with Gasteiger partial charge in [-0.2, -0.15) is 0 Å². The van der Waals surface area contributed by atoms with Gasteiger partial charge in [-0.05, 0) is 36.8 Å². The first kappa shape index (κ1) is 13.2. The minimum Gasteiger partial charge on any atom is -0.494 e. The number of hydrogen-bond acceptors (Lipinski definition) is 4. The van der Waals surface area contributed by atoms with Crippen molar-refractivity contribution in [3.63, 3.8) is 0 Å². The summed E-state index contributed by atoms with van der Waals surface area (Å²) in [5.74, 6) is 0.898. The van der Waals surface area contributed by atoms with Crippen LogP contribution >= 0.6 is 0 Å². The predicted molar refractivity (Wildman–Crippen MR) is 79.3 cm³/mol. The number of pyridine rings is 1. The van der Waals surface area contributed by atoms with Crippen molar-refractivity contribution in [1.29, 1.82) is 0 Å². The monoisotopic (exact) mass is 257 g/mol. The number of rotatable bonds is 6. The average molecular weight is 257 g/mol. The van der Waals surface area contributed by atoms with Crippen LogP contribution in [-0.4, -0.2) is 18.6 Å². The summed E-state index contributed by atoms with van der Waals surface area (Å²) in [7, 11) is 1.88. The Morgan fingerprint density at radius 2 is 1.79 bits per heavy atom. The van der Waals surface area contributed by atoms with E-state index < -0.39 is 0 Å². The topological polar surface area (TPSA) is 46.2 Å². The molecule has 4 heteroatoms. The van der Waals surface area contributed by atoms with Crippen molar-refractivity contribution in [2.75, 3.05) is 24.3 Å². The average Bonchev–Trinajstić information content (AvgIpc) is 2.47. The molecule has 1 aromatic heterocycles. The van der Waals surface area contributed by atoms with Gasteiger partial charge in [-0.15, -0.1) is 0 Å². The molecule has 19 heavy (non-hydrogen) atoms. The molecule has 0 aliphatic heterocycles. The zero-order chi connectivity index (χ0) is 13.5. The lowest BCUT2D eigenvalue weighted by atomic mass is 10.3. The first-order chi connectivity index (χ1) is 9.31. The van der Waals surface area contributed by atoms with E-state index in [1.165, 1.54) is 0 Å². The van der Waals surface area contributed by atoms with Crippen LogP contribution in [0.25, 0.3) is 0 Å². The van der Waals surface area contributed by atoms with E-state index in [-0.39, 0.29) is 0 Å². The molecule has 0 unspecified atom stereocenters. The lowest BCUT2D eigenvalue weighted by Gasteiger charge is -2.09. The summed E-state index contributed by atoms with van der Waals surface area (Å²) in [6.07, 6.45) is 4.59. The number of hydrogen-bond donors (Lipinski definition) is 2. The summed E-state index contributed by atoms with van der Waals surface area (Å²) in [6.45, 7) is 2.85. The Labute approximate surface area is 113 Å². The van der Waals surface area contributed by atoms with Crippen LogP contribution in [0.1, 0.15) is 13.3 Å². The van der Waals surface area contributed by atoms with E-state index in [0.29, 0.717) is 0 Å². The third-order valence-electron chi connectivity index (χ3n) is 2.64. The molecule has 1 aromatic carbocycles. The largest absolute Gasteiger partial charge is 0.494 e. The Morgan fingerprint density at radius 1 is 1.05 bits per heavy atom. The van der Waals surface area contributed by atoms with E-state index in [9.17, 15) is 0 Å². The quantitative estimate of drug-likeness (QED) is 0.829. The summed E-state index contributed by atoms with van der Waals surface area (Å²) in [5, 5.41) is 6.37. The van der Waals surface area contributed by atoms with Crippen LogP contribution in [0.15, 0.2) is 42.7 Å². The van der Waals surface area contributed by atoms with Crippen molar-refractivity contribution in [3.05, 3.63) is 42.7 Å². The molecule has 0 fully saturated rings. The van der Waals surface area contributed by atoms with Gasteiger partial charge in [0.05, 0.1) is 30.4 Å². The van der Waals surface area contributed by atoms with Gasteiger partial charge < -0.3 is 15.4 Å². The van der Waals surface area contributed by atoms with E-state index in [1.54, 1.807) is 12.4 Å².